The summed E-state index contributed by atoms with van der Waals surface area (Å²) >= 11 is 6.65. The van der Waals surface area contributed by atoms with E-state index in [1.165, 1.54) is 0 Å². The van der Waals surface area contributed by atoms with E-state index >= 15 is 0 Å². The standard InChI is InChI=1S/C26H33ClO7/c1-2-32-18-8-6-16(7-9-18)12-17-13-19-21(14-20(17)27)33-11-5-3-4-10-31-15-22-23(28)24(29)25(30)26(19)34-22/h6-9,13-14,22-26,28-30H,2-5,10-12,15H2,1H3/t22-,23-,24+,25-,26+/m1/s1. The van der Waals surface area contributed by atoms with Crippen molar-refractivity contribution < 1.29 is 34.3 Å². The summed E-state index contributed by atoms with van der Waals surface area (Å²) in [5.74, 6) is 1.31. The Kier molecular flexibility index (Phi) is 8.69. The van der Waals surface area contributed by atoms with Crippen LogP contribution in [0.4, 0.5) is 0 Å². The summed E-state index contributed by atoms with van der Waals surface area (Å²) in [4.78, 5) is 0. The van der Waals surface area contributed by atoms with Gasteiger partial charge in [0.1, 0.15) is 42.0 Å². The number of rotatable bonds is 4. The van der Waals surface area contributed by atoms with E-state index in [1.807, 2.05) is 37.3 Å². The quantitative estimate of drug-likeness (QED) is 0.601. The Morgan fingerprint density at radius 3 is 2.50 bits per heavy atom. The first kappa shape index (κ1) is 25.2. The Morgan fingerprint density at radius 2 is 1.74 bits per heavy atom. The van der Waals surface area contributed by atoms with Crippen molar-refractivity contribution in [2.24, 2.45) is 0 Å². The second kappa shape index (κ2) is 11.7. The van der Waals surface area contributed by atoms with Gasteiger partial charge in [-0.15, -0.1) is 0 Å². The second-order valence-corrected chi connectivity index (χ2v) is 9.19. The molecule has 34 heavy (non-hydrogen) atoms. The van der Waals surface area contributed by atoms with Gasteiger partial charge in [0.25, 0.3) is 0 Å². The molecule has 5 atom stereocenters. The highest BCUT2D eigenvalue weighted by Gasteiger charge is 2.45. The molecule has 2 aromatic rings. The number of aliphatic hydroxyl groups is 3. The lowest BCUT2D eigenvalue weighted by molar-refractivity contribution is -0.235. The van der Waals surface area contributed by atoms with Crippen molar-refractivity contribution >= 4 is 11.6 Å². The van der Waals surface area contributed by atoms with Crippen LogP contribution in [-0.2, 0) is 15.9 Å². The molecule has 3 N–H and O–H groups in total. The van der Waals surface area contributed by atoms with Crippen LogP contribution in [0.25, 0.3) is 0 Å². The fraction of sp³-hybridized carbons (Fsp3) is 0.538. The van der Waals surface area contributed by atoms with E-state index in [-0.39, 0.29) is 6.61 Å². The van der Waals surface area contributed by atoms with Crippen molar-refractivity contribution in [2.75, 3.05) is 26.4 Å². The highest BCUT2D eigenvalue weighted by atomic mass is 35.5. The third-order valence-corrected chi connectivity index (χ3v) is 6.65. The lowest BCUT2D eigenvalue weighted by atomic mass is 9.89. The Balaban J connectivity index is 1.67. The normalized spacial score (nSPS) is 28.0. The van der Waals surface area contributed by atoms with Crippen LogP contribution in [0.15, 0.2) is 36.4 Å². The predicted octanol–water partition coefficient (Wildman–Crippen LogP) is 3.43. The van der Waals surface area contributed by atoms with Gasteiger partial charge in [-0.3, -0.25) is 0 Å². The maximum absolute atomic E-state index is 10.8. The van der Waals surface area contributed by atoms with Crippen molar-refractivity contribution in [3.05, 3.63) is 58.1 Å². The van der Waals surface area contributed by atoms with Crippen LogP contribution in [0.2, 0.25) is 5.02 Å². The van der Waals surface area contributed by atoms with E-state index in [1.54, 1.807) is 6.07 Å². The highest BCUT2D eigenvalue weighted by Crippen LogP contribution is 2.40. The molecule has 0 unspecified atom stereocenters. The Morgan fingerprint density at radius 1 is 0.971 bits per heavy atom. The average Bonchev–Trinajstić information content (AvgIpc) is 2.84. The van der Waals surface area contributed by atoms with E-state index in [0.717, 1.165) is 36.1 Å². The topological polar surface area (TPSA) is 97.6 Å². The minimum absolute atomic E-state index is 0.129. The van der Waals surface area contributed by atoms with Gasteiger partial charge in [0.2, 0.25) is 0 Å². The maximum Gasteiger partial charge on any atom is 0.126 e. The van der Waals surface area contributed by atoms with Crippen LogP contribution in [0.3, 0.4) is 0 Å². The molecule has 186 valence electrons. The van der Waals surface area contributed by atoms with E-state index in [0.29, 0.717) is 42.6 Å². The molecule has 2 aliphatic rings. The van der Waals surface area contributed by atoms with Crippen LogP contribution in [-0.4, -0.2) is 66.2 Å². The Bertz CT molecular complexity index is 935. The number of halogens is 1. The Labute approximate surface area is 205 Å². The van der Waals surface area contributed by atoms with Crippen LogP contribution >= 0.6 is 11.6 Å². The molecule has 2 aromatic carbocycles. The summed E-state index contributed by atoms with van der Waals surface area (Å²) < 4.78 is 23.3. The van der Waals surface area contributed by atoms with Crippen LogP contribution in [0.5, 0.6) is 11.5 Å². The third-order valence-electron chi connectivity index (χ3n) is 6.30. The molecule has 1 fully saturated rings. The Hall–Kier alpha value is -1.87. The predicted molar refractivity (Wildman–Crippen MR) is 128 cm³/mol. The van der Waals surface area contributed by atoms with Gasteiger partial charge in [-0.05, 0) is 68.0 Å². The van der Waals surface area contributed by atoms with E-state index in [2.05, 4.69) is 0 Å². The molecule has 0 spiro atoms. The van der Waals surface area contributed by atoms with Gasteiger partial charge in [0.15, 0.2) is 0 Å². The fourth-order valence-corrected chi connectivity index (χ4v) is 4.62. The average molecular weight is 493 g/mol. The van der Waals surface area contributed by atoms with Gasteiger partial charge in [0, 0.05) is 17.2 Å². The molecule has 2 bridgehead atoms. The number of ether oxygens (including phenoxy) is 4. The van der Waals surface area contributed by atoms with Gasteiger partial charge >= 0.3 is 0 Å². The van der Waals surface area contributed by atoms with Crippen LogP contribution < -0.4 is 9.47 Å². The zero-order valence-corrected chi connectivity index (χ0v) is 20.1. The second-order valence-electron chi connectivity index (χ2n) is 8.79. The smallest absolute Gasteiger partial charge is 0.126 e. The summed E-state index contributed by atoms with van der Waals surface area (Å²) in [6, 6.07) is 11.4. The minimum Gasteiger partial charge on any atom is -0.494 e. The first-order valence-electron chi connectivity index (χ1n) is 11.9. The van der Waals surface area contributed by atoms with Crippen molar-refractivity contribution in [1.29, 1.82) is 0 Å². The summed E-state index contributed by atoms with van der Waals surface area (Å²) in [6.45, 7) is 3.69. The third kappa shape index (κ3) is 5.85. The molecule has 0 saturated carbocycles. The first-order chi connectivity index (χ1) is 16.5. The molecule has 0 aliphatic carbocycles. The molecule has 0 amide bonds. The van der Waals surface area contributed by atoms with Crippen molar-refractivity contribution in [3.8, 4) is 11.5 Å². The zero-order valence-electron chi connectivity index (χ0n) is 19.4. The first-order valence-corrected chi connectivity index (χ1v) is 12.3. The molecule has 4 rings (SSSR count). The number of hydrogen-bond donors (Lipinski definition) is 3. The molecular formula is C26H33ClO7. The van der Waals surface area contributed by atoms with Gasteiger partial charge in [-0.1, -0.05) is 23.7 Å². The number of aliphatic hydroxyl groups excluding tert-OH is 3. The lowest BCUT2D eigenvalue weighted by Crippen LogP contribution is -2.55. The van der Waals surface area contributed by atoms with Crippen molar-refractivity contribution in [3.63, 3.8) is 0 Å². The van der Waals surface area contributed by atoms with Gasteiger partial charge < -0.3 is 34.3 Å². The van der Waals surface area contributed by atoms with Crippen molar-refractivity contribution in [2.45, 2.75) is 63.1 Å². The van der Waals surface area contributed by atoms with E-state index < -0.39 is 30.5 Å². The lowest BCUT2D eigenvalue weighted by Gasteiger charge is -2.41. The summed E-state index contributed by atoms with van der Waals surface area (Å²) in [7, 11) is 0. The van der Waals surface area contributed by atoms with Crippen molar-refractivity contribution in [1.82, 2.24) is 0 Å². The summed E-state index contributed by atoms with van der Waals surface area (Å²) in [5.41, 5.74) is 2.47. The van der Waals surface area contributed by atoms with E-state index in [9.17, 15) is 15.3 Å². The molecule has 7 nitrogen and oxygen atoms in total. The highest BCUT2D eigenvalue weighted by molar-refractivity contribution is 6.31. The van der Waals surface area contributed by atoms with E-state index in [4.69, 9.17) is 30.5 Å². The van der Waals surface area contributed by atoms with Crippen LogP contribution in [0, 0.1) is 0 Å². The molecular weight excluding hydrogens is 460 g/mol. The zero-order chi connectivity index (χ0) is 24.1. The monoisotopic (exact) mass is 492 g/mol. The molecule has 1 saturated heterocycles. The van der Waals surface area contributed by atoms with Crippen LogP contribution in [0.1, 0.15) is 49.0 Å². The van der Waals surface area contributed by atoms with Gasteiger partial charge in [0.05, 0.1) is 19.8 Å². The molecule has 0 aromatic heterocycles. The largest absolute Gasteiger partial charge is 0.494 e. The molecule has 0 radical (unpaired) electrons. The van der Waals surface area contributed by atoms with Gasteiger partial charge in [-0.25, -0.2) is 0 Å². The van der Waals surface area contributed by atoms with Gasteiger partial charge in [-0.2, -0.15) is 0 Å². The summed E-state index contributed by atoms with van der Waals surface area (Å²) in [5, 5.41) is 32.4. The SMILES string of the molecule is CCOc1ccc(Cc2cc3c(cc2Cl)OCCCCCOC[C@H]2O[C@@H]3[C@H](O)[C@@H](O)[C@@H]2O)cc1. The summed E-state index contributed by atoms with van der Waals surface area (Å²) in [6.07, 6.45) is -2.46. The molecule has 2 heterocycles. The number of fused-ring (bicyclic) bond motifs is 4. The number of hydrogen-bond acceptors (Lipinski definition) is 7. The number of benzene rings is 2. The maximum atomic E-state index is 10.8. The fourth-order valence-electron chi connectivity index (χ4n) is 4.40. The molecule has 2 aliphatic heterocycles. The molecule has 8 heteroatoms. The minimum atomic E-state index is -1.38.